The maximum absolute atomic E-state index is 12.1. The lowest BCUT2D eigenvalue weighted by Crippen LogP contribution is -2.23. The Labute approximate surface area is 125 Å². The predicted octanol–water partition coefficient (Wildman–Crippen LogP) is 1.33. The summed E-state index contributed by atoms with van der Waals surface area (Å²) < 4.78 is 26.6. The van der Waals surface area contributed by atoms with E-state index in [2.05, 4.69) is 9.71 Å². The second kappa shape index (κ2) is 5.80. The number of sulfonamides is 1. The average Bonchev–Trinajstić information content (AvgIpc) is 2.82. The fourth-order valence-electron chi connectivity index (χ4n) is 1.59. The summed E-state index contributed by atoms with van der Waals surface area (Å²) in [6.45, 7) is 1.87. The third-order valence-electron chi connectivity index (χ3n) is 2.61. The highest BCUT2D eigenvalue weighted by molar-refractivity contribution is 7.89. The van der Waals surface area contributed by atoms with Gasteiger partial charge in [0, 0.05) is 17.6 Å². The summed E-state index contributed by atoms with van der Waals surface area (Å²) in [7, 11) is -3.87. The van der Waals surface area contributed by atoms with E-state index in [4.69, 9.17) is 5.11 Å². The molecule has 1 aromatic carbocycles. The summed E-state index contributed by atoms with van der Waals surface area (Å²) in [5.41, 5.74) is -0.466. The van der Waals surface area contributed by atoms with Gasteiger partial charge in [0.2, 0.25) is 10.0 Å². The molecule has 2 rings (SSSR count). The van der Waals surface area contributed by atoms with Gasteiger partial charge in [0.05, 0.1) is 9.90 Å². The average molecular weight is 328 g/mol. The number of carboxylic acids is 1. The van der Waals surface area contributed by atoms with Crippen molar-refractivity contribution >= 4 is 27.3 Å². The number of aromatic hydroxyl groups is 1. The van der Waals surface area contributed by atoms with Crippen molar-refractivity contribution in [1.29, 1.82) is 0 Å². The molecule has 0 atom stereocenters. The summed E-state index contributed by atoms with van der Waals surface area (Å²) in [4.78, 5) is 15.4. The topological polar surface area (TPSA) is 117 Å². The fourth-order valence-corrected chi connectivity index (χ4v) is 3.45. The fraction of sp³-hybridized carbons (Fsp3) is 0.167. The van der Waals surface area contributed by atoms with Crippen LogP contribution >= 0.6 is 11.3 Å². The van der Waals surface area contributed by atoms with Gasteiger partial charge in [0.1, 0.15) is 11.3 Å². The zero-order valence-electron chi connectivity index (χ0n) is 10.9. The number of nitrogens with zero attached hydrogens (tertiary/aromatic N) is 1. The van der Waals surface area contributed by atoms with Crippen LogP contribution in [0.5, 0.6) is 5.75 Å². The Morgan fingerprint density at radius 2 is 2.14 bits per heavy atom. The number of carboxylic acid groups (broad SMARTS) is 1. The maximum Gasteiger partial charge on any atom is 0.339 e. The molecule has 3 N–H and O–H groups in total. The Morgan fingerprint density at radius 3 is 2.71 bits per heavy atom. The third kappa shape index (κ3) is 3.57. The summed E-state index contributed by atoms with van der Waals surface area (Å²) in [6, 6.07) is 3.09. The molecule has 0 radical (unpaired) electrons. The normalized spacial score (nSPS) is 11.5. The van der Waals surface area contributed by atoms with E-state index in [-0.39, 0.29) is 11.4 Å². The van der Waals surface area contributed by atoms with E-state index in [0.717, 1.165) is 28.1 Å². The number of hydrogen-bond acceptors (Lipinski definition) is 6. The van der Waals surface area contributed by atoms with Crippen LogP contribution < -0.4 is 4.72 Å². The van der Waals surface area contributed by atoms with E-state index < -0.39 is 27.3 Å². The first-order valence-corrected chi connectivity index (χ1v) is 8.07. The van der Waals surface area contributed by atoms with Crippen molar-refractivity contribution in [3.05, 3.63) is 39.8 Å². The molecule has 7 nitrogen and oxygen atoms in total. The molecule has 2 aromatic rings. The van der Waals surface area contributed by atoms with Crippen molar-refractivity contribution in [3.8, 4) is 5.75 Å². The smallest absolute Gasteiger partial charge is 0.339 e. The molecule has 1 heterocycles. The van der Waals surface area contributed by atoms with Crippen molar-refractivity contribution in [2.75, 3.05) is 0 Å². The highest BCUT2D eigenvalue weighted by Gasteiger charge is 2.18. The Balaban J connectivity index is 2.23. The van der Waals surface area contributed by atoms with Gasteiger partial charge >= 0.3 is 5.97 Å². The van der Waals surface area contributed by atoms with E-state index in [1.165, 1.54) is 11.3 Å². The lowest BCUT2D eigenvalue weighted by molar-refractivity contribution is 0.0693. The minimum absolute atomic E-state index is 0.0666. The summed E-state index contributed by atoms with van der Waals surface area (Å²) in [5, 5.41) is 19.1. The number of thiazole rings is 1. The Bertz CT molecular complexity index is 783. The molecule has 9 heteroatoms. The highest BCUT2D eigenvalue weighted by atomic mass is 32.2. The van der Waals surface area contributed by atoms with Gasteiger partial charge in [-0.3, -0.25) is 0 Å². The molecule has 0 saturated heterocycles. The van der Waals surface area contributed by atoms with Crippen LogP contribution in [0.2, 0.25) is 0 Å². The van der Waals surface area contributed by atoms with Crippen molar-refractivity contribution < 1.29 is 23.4 Å². The molecule has 0 bridgehead atoms. The Kier molecular flexibility index (Phi) is 4.26. The highest BCUT2D eigenvalue weighted by Crippen LogP contribution is 2.21. The number of aromatic nitrogens is 1. The number of aryl methyl sites for hydroxylation is 1. The van der Waals surface area contributed by atoms with Crippen LogP contribution in [0.3, 0.4) is 0 Å². The van der Waals surface area contributed by atoms with Gasteiger partial charge in [-0.05, 0) is 25.1 Å². The first-order chi connectivity index (χ1) is 9.79. The van der Waals surface area contributed by atoms with Crippen molar-refractivity contribution in [1.82, 2.24) is 9.71 Å². The van der Waals surface area contributed by atoms with E-state index in [0.29, 0.717) is 0 Å². The predicted molar refractivity (Wildman–Crippen MR) is 75.9 cm³/mol. The van der Waals surface area contributed by atoms with E-state index in [1.807, 2.05) is 6.92 Å². The van der Waals surface area contributed by atoms with E-state index in [1.54, 1.807) is 6.20 Å². The summed E-state index contributed by atoms with van der Waals surface area (Å²) in [6.07, 6.45) is 1.57. The lowest BCUT2D eigenvalue weighted by Gasteiger charge is -2.07. The van der Waals surface area contributed by atoms with Crippen LogP contribution in [0.15, 0.2) is 29.3 Å². The molecule has 0 aliphatic carbocycles. The molecule has 0 amide bonds. The first kappa shape index (κ1) is 15.4. The molecule has 1 aromatic heterocycles. The quantitative estimate of drug-likeness (QED) is 0.762. The SMILES string of the molecule is Cc1ncc(CNS(=O)(=O)c2ccc(O)c(C(=O)O)c2)s1. The van der Waals surface area contributed by atoms with Crippen molar-refractivity contribution in [3.63, 3.8) is 0 Å². The van der Waals surface area contributed by atoms with Crippen molar-refractivity contribution in [2.24, 2.45) is 0 Å². The van der Waals surface area contributed by atoms with Crippen molar-refractivity contribution in [2.45, 2.75) is 18.4 Å². The van der Waals surface area contributed by atoms with Gasteiger partial charge in [-0.15, -0.1) is 11.3 Å². The van der Waals surface area contributed by atoms with Gasteiger partial charge < -0.3 is 10.2 Å². The number of carbonyl (C=O) groups is 1. The number of hydrogen-bond donors (Lipinski definition) is 3. The number of benzene rings is 1. The maximum atomic E-state index is 12.1. The zero-order chi connectivity index (χ0) is 15.6. The summed E-state index contributed by atoms with van der Waals surface area (Å²) in [5.74, 6) is -1.89. The van der Waals surface area contributed by atoms with E-state index >= 15 is 0 Å². The van der Waals surface area contributed by atoms with Crippen LogP contribution in [0.1, 0.15) is 20.2 Å². The number of phenols is 1. The third-order valence-corrected chi connectivity index (χ3v) is 4.93. The molecule has 21 heavy (non-hydrogen) atoms. The standard InChI is InChI=1S/C12H12N2O5S2/c1-7-13-5-8(20-7)6-14-21(18,19)9-2-3-11(15)10(4-9)12(16)17/h2-5,14-15H,6H2,1H3,(H,16,17). The molecule has 0 spiro atoms. The van der Waals surface area contributed by atoms with Gasteiger partial charge in [0.15, 0.2) is 0 Å². The monoisotopic (exact) mass is 328 g/mol. The largest absolute Gasteiger partial charge is 0.507 e. The van der Waals surface area contributed by atoms with Crippen LogP contribution in [-0.2, 0) is 16.6 Å². The second-order valence-corrected chi connectivity index (χ2v) is 7.24. The van der Waals surface area contributed by atoms with Gasteiger partial charge in [-0.1, -0.05) is 0 Å². The van der Waals surface area contributed by atoms with Crippen LogP contribution in [0, 0.1) is 6.92 Å². The molecular formula is C12H12N2O5S2. The van der Waals surface area contributed by atoms with Gasteiger partial charge in [-0.25, -0.2) is 22.9 Å². The Hall–Kier alpha value is -1.97. The summed E-state index contributed by atoms with van der Waals surface area (Å²) >= 11 is 1.36. The number of aromatic carboxylic acids is 1. The van der Waals surface area contributed by atoms with E-state index in [9.17, 15) is 18.3 Å². The van der Waals surface area contributed by atoms with Gasteiger partial charge in [-0.2, -0.15) is 0 Å². The molecule has 0 unspecified atom stereocenters. The molecule has 0 fully saturated rings. The lowest BCUT2D eigenvalue weighted by atomic mass is 10.2. The number of rotatable bonds is 5. The molecule has 112 valence electrons. The minimum atomic E-state index is -3.87. The van der Waals surface area contributed by atoms with Crippen LogP contribution in [0.25, 0.3) is 0 Å². The molecular weight excluding hydrogens is 316 g/mol. The van der Waals surface area contributed by atoms with Crippen LogP contribution in [0.4, 0.5) is 0 Å². The Morgan fingerprint density at radius 1 is 1.43 bits per heavy atom. The van der Waals surface area contributed by atoms with Crippen LogP contribution in [-0.4, -0.2) is 29.6 Å². The molecule has 0 aliphatic heterocycles. The first-order valence-electron chi connectivity index (χ1n) is 5.77. The molecule has 0 saturated carbocycles. The van der Waals surface area contributed by atoms with Gasteiger partial charge in [0.25, 0.3) is 0 Å². The molecule has 0 aliphatic rings. The second-order valence-electron chi connectivity index (χ2n) is 4.15. The zero-order valence-corrected chi connectivity index (χ0v) is 12.5. The number of nitrogens with one attached hydrogen (secondary N) is 1. The minimum Gasteiger partial charge on any atom is -0.507 e.